The van der Waals surface area contributed by atoms with Crippen LogP contribution in [0.1, 0.15) is 11.3 Å². The fourth-order valence-corrected chi connectivity index (χ4v) is 7.12. The number of hydrogen-bond acceptors (Lipinski definition) is 11. The Morgan fingerprint density at radius 1 is 0.978 bits per heavy atom. The van der Waals surface area contributed by atoms with Crippen molar-refractivity contribution < 1.29 is 54.1 Å². The monoisotopic (exact) mass is 692 g/mol. The van der Waals surface area contributed by atoms with Crippen LogP contribution in [0.3, 0.4) is 0 Å². The number of alkyl halides is 6. The number of aliphatic hydroxyl groups excluding tert-OH is 1. The summed E-state index contributed by atoms with van der Waals surface area (Å²) in [7, 11) is -4.45. The van der Waals surface area contributed by atoms with Gasteiger partial charge in [0.2, 0.25) is 15.9 Å². The van der Waals surface area contributed by atoms with Crippen LogP contribution in [0, 0.1) is 0 Å². The van der Waals surface area contributed by atoms with Crippen molar-refractivity contribution in [1.82, 2.24) is 24.8 Å². The highest BCUT2D eigenvalue weighted by Gasteiger charge is 2.41. The zero-order chi connectivity index (χ0) is 33.3. The van der Waals surface area contributed by atoms with Crippen molar-refractivity contribution in [3.8, 4) is 11.5 Å². The number of halogens is 6. The van der Waals surface area contributed by atoms with Gasteiger partial charge in [-0.3, -0.25) is 4.79 Å². The molecule has 2 aromatic carbocycles. The summed E-state index contributed by atoms with van der Waals surface area (Å²) in [6.07, 6.45) is -8.44. The van der Waals surface area contributed by atoms with Gasteiger partial charge in [0.05, 0.1) is 22.4 Å². The van der Waals surface area contributed by atoms with Crippen LogP contribution in [0.5, 0.6) is 11.5 Å². The number of benzene rings is 2. The lowest BCUT2D eigenvalue weighted by Crippen LogP contribution is -2.60. The SMILES string of the molecule is O=C(NCc1ccc(OC(F)(F)F)cc1)[C@H]1CN(c2nc3c(CO)nncc3s2)CCN1S(=O)(=O)c1ccc(OC(F)(F)F)cc1. The highest BCUT2D eigenvalue weighted by atomic mass is 32.2. The molecular formula is C26H22F6N6O6S2. The minimum absolute atomic E-state index is 0.0636. The normalized spacial score (nSPS) is 16.4. The van der Waals surface area contributed by atoms with Gasteiger partial charge in [0.1, 0.15) is 28.8 Å². The van der Waals surface area contributed by atoms with E-state index in [1.54, 1.807) is 4.90 Å². The number of piperazine rings is 1. The number of rotatable bonds is 9. The first-order chi connectivity index (χ1) is 21.6. The van der Waals surface area contributed by atoms with Gasteiger partial charge in [-0.25, -0.2) is 13.4 Å². The van der Waals surface area contributed by atoms with Gasteiger partial charge in [-0.15, -0.1) is 26.3 Å². The topological polar surface area (TPSA) is 147 Å². The molecule has 0 radical (unpaired) electrons. The van der Waals surface area contributed by atoms with E-state index in [1.807, 2.05) is 0 Å². The number of fused-ring (bicyclic) bond motifs is 1. The maximum atomic E-state index is 13.7. The second-order valence-corrected chi connectivity index (χ2v) is 12.6. The van der Waals surface area contributed by atoms with E-state index in [1.165, 1.54) is 29.7 Å². The number of ether oxygens (including phenoxy) is 2. The number of sulfonamides is 1. The molecule has 0 saturated carbocycles. The molecule has 4 aromatic rings. The summed E-state index contributed by atoms with van der Waals surface area (Å²) in [5, 5.41) is 20.2. The molecule has 0 aliphatic carbocycles. The molecule has 20 heteroatoms. The smallest absolute Gasteiger partial charge is 0.406 e. The van der Waals surface area contributed by atoms with Gasteiger partial charge in [0, 0.05) is 26.2 Å². The van der Waals surface area contributed by atoms with Gasteiger partial charge in [-0.05, 0) is 42.0 Å². The molecule has 0 bridgehead atoms. The van der Waals surface area contributed by atoms with Gasteiger partial charge in [-0.2, -0.15) is 14.5 Å². The largest absolute Gasteiger partial charge is 0.573 e. The summed E-state index contributed by atoms with van der Waals surface area (Å²) in [5.74, 6) is -1.87. The summed E-state index contributed by atoms with van der Waals surface area (Å²) < 4.78 is 112. The van der Waals surface area contributed by atoms with Crippen molar-refractivity contribution in [2.24, 2.45) is 0 Å². The maximum absolute atomic E-state index is 13.7. The summed E-state index contributed by atoms with van der Waals surface area (Å²) in [5.41, 5.74) is 0.987. The molecule has 2 aromatic heterocycles. The molecule has 12 nitrogen and oxygen atoms in total. The average molecular weight is 693 g/mol. The Bertz CT molecular complexity index is 1800. The number of amides is 1. The number of aliphatic hydroxyl groups is 1. The molecule has 246 valence electrons. The second-order valence-electron chi connectivity index (χ2n) is 9.67. The van der Waals surface area contributed by atoms with Crippen molar-refractivity contribution in [3.63, 3.8) is 0 Å². The molecule has 0 spiro atoms. The van der Waals surface area contributed by atoms with E-state index < -0.39 is 57.7 Å². The fraction of sp³-hybridized carbons (Fsp3) is 0.308. The molecule has 5 rings (SSSR count). The maximum Gasteiger partial charge on any atom is 0.573 e. The molecule has 3 heterocycles. The second kappa shape index (κ2) is 12.9. The molecule has 1 fully saturated rings. The van der Waals surface area contributed by atoms with Crippen LogP contribution < -0.4 is 19.7 Å². The number of anilines is 1. The number of carbonyl (C=O) groups excluding carboxylic acids is 1. The number of aromatic nitrogens is 3. The highest BCUT2D eigenvalue weighted by Crippen LogP contribution is 2.33. The molecule has 0 unspecified atom stereocenters. The standard InChI is InChI=1S/C26H22F6N6O6S2/c27-25(28,29)43-16-3-1-15(2-4-16)11-33-23(40)20-13-37(24-35-22-19(14-39)36-34-12-21(22)45-24)9-10-38(20)46(41,42)18-7-5-17(6-8-18)44-26(30,31)32/h1-8,12,20,39H,9-11,13-14H2,(H,33,40)/t20-/m1/s1. The van der Waals surface area contributed by atoms with Crippen LogP contribution in [0.2, 0.25) is 0 Å². The molecular weight excluding hydrogens is 670 g/mol. The first kappa shape index (κ1) is 33.1. The summed E-state index contributed by atoms with van der Waals surface area (Å²) in [6.45, 7) is -0.982. The first-order valence-electron chi connectivity index (χ1n) is 13.1. The highest BCUT2D eigenvalue weighted by molar-refractivity contribution is 7.89. The first-order valence-corrected chi connectivity index (χ1v) is 15.4. The van der Waals surface area contributed by atoms with E-state index in [4.69, 9.17) is 0 Å². The number of hydrogen-bond donors (Lipinski definition) is 2. The van der Waals surface area contributed by atoms with Crippen LogP contribution in [-0.2, 0) is 28.0 Å². The summed E-state index contributed by atoms with van der Waals surface area (Å²) in [4.78, 5) is 19.3. The Balaban J connectivity index is 1.39. The van der Waals surface area contributed by atoms with E-state index in [0.717, 1.165) is 40.7 Å². The summed E-state index contributed by atoms with van der Waals surface area (Å²) >= 11 is 1.18. The fourth-order valence-electron chi connectivity index (χ4n) is 4.56. The minimum atomic E-state index is -4.99. The molecule has 46 heavy (non-hydrogen) atoms. The zero-order valence-electron chi connectivity index (χ0n) is 23.1. The Hall–Kier alpha value is -4.27. The third-order valence-corrected chi connectivity index (χ3v) is 9.58. The Kier molecular flexibility index (Phi) is 9.25. The number of nitrogens with zero attached hydrogens (tertiary/aromatic N) is 5. The van der Waals surface area contributed by atoms with Crippen molar-refractivity contribution >= 4 is 42.6 Å². The lowest BCUT2D eigenvalue weighted by atomic mass is 10.1. The van der Waals surface area contributed by atoms with Crippen LogP contribution in [0.4, 0.5) is 31.5 Å². The van der Waals surface area contributed by atoms with Crippen LogP contribution in [0.15, 0.2) is 59.6 Å². The third-order valence-electron chi connectivity index (χ3n) is 6.61. The third kappa shape index (κ3) is 7.74. The van der Waals surface area contributed by atoms with Crippen LogP contribution in [0.25, 0.3) is 10.2 Å². The molecule has 1 aliphatic rings. The molecule has 1 amide bonds. The van der Waals surface area contributed by atoms with E-state index in [0.29, 0.717) is 20.9 Å². The van der Waals surface area contributed by atoms with Gasteiger partial charge >= 0.3 is 12.7 Å². The van der Waals surface area contributed by atoms with E-state index >= 15 is 0 Å². The Labute approximate surface area is 260 Å². The van der Waals surface area contributed by atoms with Crippen LogP contribution >= 0.6 is 11.3 Å². The van der Waals surface area contributed by atoms with Crippen LogP contribution in [-0.4, -0.2) is 77.3 Å². The Morgan fingerprint density at radius 2 is 1.59 bits per heavy atom. The number of carbonyl (C=O) groups is 1. The van der Waals surface area contributed by atoms with Crippen molar-refractivity contribution in [2.45, 2.75) is 36.8 Å². The molecule has 2 N–H and O–H groups in total. The van der Waals surface area contributed by atoms with Crippen molar-refractivity contribution in [1.29, 1.82) is 0 Å². The minimum Gasteiger partial charge on any atom is -0.406 e. The lowest BCUT2D eigenvalue weighted by molar-refractivity contribution is -0.275. The van der Waals surface area contributed by atoms with Gasteiger partial charge < -0.3 is 24.8 Å². The van der Waals surface area contributed by atoms with Crippen molar-refractivity contribution in [2.75, 3.05) is 24.5 Å². The van der Waals surface area contributed by atoms with Gasteiger partial charge in [0.25, 0.3) is 0 Å². The Morgan fingerprint density at radius 3 is 2.17 bits per heavy atom. The van der Waals surface area contributed by atoms with E-state index in [2.05, 4.69) is 30.0 Å². The quantitative estimate of drug-likeness (QED) is 0.250. The predicted molar refractivity (Wildman–Crippen MR) is 149 cm³/mol. The number of nitrogens with one attached hydrogen (secondary N) is 1. The predicted octanol–water partition coefficient (Wildman–Crippen LogP) is 3.57. The average Bonchev–Trinajstić information content (AvgIpc) is 3.44. The summed E-state index contributed by atoms with van der Waals surface area (Å²) in [6, 6.07) is 6.82. The van der Waals surface area contributed by atoms with Gasteiger partial charge in [-0.1, -0.05) is 23.5 Å². The van der Waals surface area contributed by atoms with E-state index in [9.17, 15) is 44.7 Å². The zero-order valence-corrected chi connectivity index (χ0v) is 24.8. The van der Waals surface area contributed by atoms with E-state index in [-0.39, 0.29) is 31.9 Å². The number of thiazole rings is 1. The lowest BCUT2D eigenvalue weighted by Gasteiger charge is -2.39. The molecule has 1 aliphatic heterocycles. The van der Waals surface area contributed by atoms with Gasteiger partial charge in [0.15, 0.2) is 5.13 Å². The molecule has 1 atom stereocenters. The molecule has 1 saturated heterocycles. The van der Waals surface area contributed by atoms with Crippen molar-refractivity contribution in [3.05, 3.63) is 66.0 Å².